The standard InChI is InChI=1S/C10H12N2O4S/c1-2-15-10(14)16-7-6-11-9-12(8(7)13)4-3-5-17-9/h6H,2-5H2,1H3. The third-order valence-electron chi connectivity index (χ3n) is 2.19. The first-order valence-corrected chi connectivity index (χ1v) is 6.28. The molecule has 0 unspecified atom stereocenters. The monoisotopic (exact) mass is 256 g/mol. The van der Waals surface area contributed by atoms with Crippen LogP contribution >= 0.6 is 11.8 Å². The summed E-state index contributed by atoms with van der Waals surface area (Å²) in [6.45, 7) is 2.47. The van der Waals surface area contributed by atoms with Crippen molar-refractivity contribution in [2.75, 3.05) is 12.4 Å². The van der Waals surface area contributed by atoms with E-state index in [1.807, 2.05) is 0 Å². The highest BCUT2D eigenvalue weighted by molar-refractivity contribution is 7.99. The van der Waals surface area contributed by atoms with Crippen LogP contribution in [0.5, 0.6) is 5.75 Å². The van der Waals surface area contributed by atoms with Crippen LogP contribution < -0.4 is 10.3 Å². The normalized spacial score (nSPS) is 13.9. The average Bonchev–Trinajstić information content (AvgIpc) is 2.33. The fourth-order valence-corrected chi connectivity index (χ4v) is 2.38. The molecule has 2 rings (SSSR count). The lowest BCUT2D eigenvalue weighted by Crippen LogP contribution is -2.28. The molecule has 1 aromatic rings. The van der Waals surface area contributed by atoms with E-state index in [-0.39, 0.29) is 17.9 Å². The maximum Gasteiger partial charge on any atom is 0.514 e. The number of ether oxygens (including phenoxy) is 2. The molecular formula is C10H12N2O4S. The second-order valence-corrected chi connectivity index (χ2v) is 4.41. The topological polar surface area (TPSA) is 70.4 Å². The van der Waals surface area contributed by atoms with Gasteiger partial charge in [0.15, 0.2) is 5.16 Å². The third kappa shape index (κ3) is 2.60. The minimum absolute atomic E-state index is 0.0882. The molecule has 7 heteroatoms. The molecule has 6 nitrogen and oxygen atoms in total. The first kappa shape index (κ1) is 12.0. The van der Waals surface area contributed by atoms with Crippen LogP contribution in [0.3, 0.4) is 0 Å². The van der Waals surface area contributed by atoms with E-state index in [0.717, 1.165) is 12.2 Å². The smallest absolute Gasteiger partial charge is 0.434 e. The first-order valence-electron chi connectivity index (χ1n) is 5.29. The second kappa shape index (κ2) is 5.22. The molecule has 0 atom stereocenters. The summed E-state index contributed by atoms with van der Waals surface area (Å²) in [7, 11) is 0. The Bertz CT molecular complexity index is 486. The predicted octanol–water partition coefficient (Wildman–Crippen LogP) is 1.27. The SMILES string of the molecule is CCOC(=O)Oc1cnc2n(c1=O)CCCS2. The number of thioether (sulfide) groups is 1. The second-order valence-electron chi connectivity index (χ2n) is 3.35. The Labute approximate surface area is 102 Å². The van der Waals surface area contributed by atoms with Gasteiger partial charge in [0, 0.05) is 12.3 Å². The number of rotatable bonds is 2. The number of carbonyl (C=O) groups is 1. The third-order valence-corrected chi connectivity index (χ3v) is 3.27. The molecule has 0 saturated carbocycles. The Morgan fingerprint density at radius 1 is 1.65 bits per heavy atom. The Morgan fingerprint density at radius 2 is 2.47 bits per heavy atom. The number of aromatic nitrogens is 2. The minimum atomic E-state index is -0.879. The van der Waals surface area contributed by atoms with E-state index in [1.165, 1.54) is 22.5 Å². The Hall–Kier alpha value is -1.50. The molecule has 0 bridgehead atoms. The van der Waals surface area contributed by atoms with E-state index in [1.54, 1.807) is 6.92 Å². The molecule has 0 spiro atoms. The summed E-state index contributed by atoms with van der Waals surface area (Å²) in [5.74, 6) is 0.861. The van der Waals surface area contributed by atoms with E-state index in [0.29, 0.717) is 11.7 Å². The summed E-state index contributed by atoms with van der Waals surface area (Å²) in [6.07, 6.45) is 1.29. The van der Waals surface area contributed by atoms with Crippen LogP contribution in [-0.2, 0) is 11.3 Å². The van der Waals surface area contributed by atoms with E-state index < -0.39 is 6.16 Å². The van der Waals surface area contributed by atoms with E-state index >= 15 is 0 Å². The molecule has 92 valence electrons. The van der Waals surface area contributed by atoms with Crippen LogP contribution in [-0.4, -0.2) is 28.1 Å². The number of nitrogens with zero attached hydrogens (tertiary/aromatic N) is 2. The van der Waals surface area contributed by atoms with Crippen molar-refractivity contribution in [1.82, 2.24) is 9.55 Å². The molecule has 1 aliphatic heterocycles. The van der Waals surface area contributed by atoms with Crippen molar-refractivity contribution in [2.45, 2.75) is 25.0 Å². The fourth-order valence-electron chi connectivity index (χ4n) is 1.46. The summed E-state index contributed by atoms with van der Waals surface area (Å²) < 4.78 is 10.9. The van der Waals surface area contributed by atoms with Crippen molar-refractivity contribution in [3.05, 3.63) is 16.6 Å². The van der Waals surface area contributed by atoms with Crippen molar-refractivity contribution in [3.63, 3.8) is 0 Å². The maximum atomic E-state index is 11.9. The molecule has 17 heavy (non-hydrogen) atoms. The molecule has 0 aliphatic carbocycles. The largest absolute Gasteiger partial charge is 0.514 e. The van der Waals surface area contributed by atoms with Gasteiger partial charge in [0.2, 0.25) is 5.75 Å². The van der Waals surface area contributed by atoms with Crippen LogP contribution in [0.4, 0.5) is 4.79 Å². The zero-order valence-electron chi connectivity index (χ0n) is 9.34. The van der Waals surface area contributed by atoms with Gasteiger partial charge < -0.3 is 9.47 Å². The van der Waals surface area contributed by atoms with Gasteiger partial charge in [-0.1, -0.05) is 11.8 Å². The molecule has 0 saturated heterocycles. The number of hydrogen-bond acceptors (Lipinski definition) is 6. The van der Waals surface area contributed by atoms with Crippen molar-refractivity contribution in [3.8, 4) is 5.75 Å². The summed E-state index contributed by atoms with van der Waals surface area (Å²) >= 11 is 1.52. The molecule has 0 radical (unpaired) electrons. The van der Waals surface area contributed by atoms with Crippen LogP contribution in [0, 0.1) is 0 Å². The van der Waals surface area contributed by atoms with Gasteiger partial charge >= 0.3 is 6.16 Å². The lowest BCUT2D eigenvalue weighted by atomic mass is 10.4. The van der Waals surface area contributed by atoms with Gasteiger partial charge in [-0.3, -0.25) is 9.36 Å². The number of hydrogen-bond donors (Lipinski definition) is 0. The van der Waals surface area contributed by atoms with Gasteiger partial charge in [-0.25, -0.2) is 9.78 Å². The Balaban J connectivity index is 2.24. The zero-order chi connectivity index (χ0) is 12.3. The van der Waals surface area contributed by atoms with E-state index in [4.69, 9.17) is 4.74 Å². The lowest BCUT2D eigenvalue weighted by Gasteiger charge is -2.16. The van der Waals surface area contributed by atoms with Gasteiger partial charge in [-0.2, -0.15) is 0 Å². The summed E-state index contributed by atoms with van der Waals surface area (Å²) in [4.78, 5) is 27.1. The van der Waals surface area contributed by atoms with Crippen molar-refractivity contribution < 1.29 is 14.3 Å². The van der Waals surface area contributed by atoms with Crippen LogP contribution in [0.15, 0.2) is 16.1 Å². The highest BCUT2D eigenvalue weighted by Gasteiger charge is 2.17. The fraction of sp³-hybridized carbons (Fsp3) is 0.500. The van der Waals surface area contributed by atoms with Crippen LogP contribution in [0.25, 0.3) is 0 Å². The molecule has 1 aliphatic rings. The summed E-state index contributed by atoms with van der Waals surface area (Å²) in [5, 5.41) is 0.664. The molecule has 2 heterocycles. The highest BCUT2D eigenvalue weighted by atomic mass is 32.2. The molecular weight excluding hydrogens is 244 g/mol. The van der Waals surface area contributed by atoms with E-state index in [9.17, 15) is 9.59 Å². The summed E-state index contributed by atoms with van der Waals surface area (Å²) in [6, 6.07) is 0. The molecule has 0 fully saturated rings. The quantitative estimate of drug-likeness (QED) is 0.586. The van der Waals surface area contributed by atoms with Gasteiger partial charge in [-0.15, -0.1) is 0 Å². The average molecular weight is 256 g/mol. The lowest BCUT2D eigenvalue weighted by molar-refractivity contribution is 0.103. The number of fused-ring (bicyclic) bond motifs is 1. The van der Waals surface area contributed by atoms with Crippen molar-refractivity contribution in [1.29, 1.82) is 0 Å². The van der Waals surface area contributed by atoms with Gasteiger partial charge in [0.1, 0.15) is 0 Å². The molecule has 0 N–H and O–H groups in total. The summed E-state index contributed by atoms with van der Waals surface area (Å²) in [5.41, 5.74) is -0.338. The Morgan fingerprint density at radius 3 is 3.24 bits per heavy atom. The van der Waals surface area contributed by atoms with Crippen molar-refractivity contribution in [2.24, 2.45) is 0 Å². The van der Waals surface area contributed by atoms with Gasteiger partial charge in [0.25, 0.3) is 5.56 Å². The van der Waals surface area contributed by atoms with Gasteiger partial charge in [-0.05, 0) is 13.3 Å². The number of carbonyl (C=O) groups excluding carboxylic acids is 1. The van der Waals surface area contributed by atoms with Crippen LogP contribution in [0.2, 0.25) is 0 Å². The predicted molar refractivity (Wildman–Crippen MR) is 61.5 cm³/mol. The Kier molecular flexibility index (Phi) is 3.68. The van der Waals surface area contributed by atoms with E-state index in [2.05, 4.69) is 9.72 Å². The highest BCUT2D eigenvalue weighted by Crippen LogP contribution is 2.21. The molecule has 0 amide bonds. The minimum Gasteiger partial charge on any atom is -0.434 e. The maximum absolute atomic E-state index is 11.9. The molecule has 0 aromatic carbocycles. The molecule has 1 aromatic heterocycles. The van der Waals surface area contributed by atoms with Crippen molar-refractivity contribution >= 4 is 17.9 Å². The first-order chi connectivity index (χ1) is 8.22. The van der Waals surface area contributed by atoms with Crippen LogP contribution in [0.1, 0.15) is 13.3 Å². The van der Waals surface area contributed by atoms with Gasteiger partial charge in [0.05, 0.1) is 12.8 Å². The zero-order valence-corrected chi connectivity index (χ0v) is 10.2.